The van der Waals surface area contributed by atoms with E-state index in [9.17, 15) is 4.79 Å². The molecule has 1 amide bonds. The van der Waals surface area contributed by atoms with Crippen molar-refractivity contribution in [2.45, 2.75) is 64.5 Å². The lowest BCUT2D eigenvalue weighted by Gasteiger charge is -2.34. The molecule has 2 fully saturated rings. The summed E-state index contributed by atoms with van der Waals surface area (Å²) >= 11 is 0. The van der Waals surface area contributed by atoms with Gasteiger partial charge in [-0.05, 0) is 39.0 Å². The fourth-order valence-electron chi connectivity index (χ4n) is 2.77. The zero-order valence-electron chi connectivity index (χ0n) is 11.2. The molecule has 1 aliphatic carbocycles. The maximum atomic E-state index is 11.9. The normalized spacial score (nSPS) is 23.8. The first-order valence-corrected chi connectivity index (χ1v) is 7.25. The molecule has 0 aromatic heterocycles. The van der Waals surface area contributed by atoms with E-state index in [-0.39, 0.29) is 0 Å². The molecule has 0 radical (unpaired) electrons. The maximum Gasteiger partial charge on any atom is 0.225 e. The molecule has 98 valence electrons. The van der Waals surface area contributed by atoms with Gasteiger partial charge >= 0.3 is 0 Å². The van der Waals surface area contributed by atoms with Crippen LogP contribution < -0.4 is 5.32 Å². The summed E-state index contributed by atoms with van der Waals surface area (Å²) in [6, 6.07) is 1.25. The lowest BCUT2D eigenvalue weighted by molar-refractivity contribution is -0.133. The molecule has 17 heavy (non-hydrogen) atoms. The Morgan fingerprint density at radius 3 is 2.47 bits per heavy atom. The first kappa shape index (κ1) is 12.9. The van der Waals surface area contributed by atoms with Crippen molar-refractivity contribution >= 4 is 5.91 Å². The Bertz CT molecular complexity index is 255. The highest BCUT2D eigenvalue weighted by Gasteiger charge is 2.34. The highest BCUT2D eigenvalue weighted by molar-refractivity contribution is 5.81. The second kappa shape index (κ2) is 5.85. The van der Waals surface area contributed by atoms with Gasteiger partial charge in [0.15, 0.2) is 0 Å². The Morgan fingerprint density at radius 1 is 1.29 bits per heavy atom. The van der Waals surface area contributed by atoms with Crippen molar-refractivity contribution in [1.82, 2.24) is 10.2 Å². The molecule has 1 N–H and O–H groups in total. The Labute approximate surface area is 105 Å². The summed E-state index contributed by atoms with van der Waals surface area (Å²) in [5, 5.41) is 3.69. The SMILES string of the molecule is CCCC(C)NC1CCN(C(=O)C2CC2)CC1. The Hall–Kier alpha value is -0.570. The largest absolute Gasteiger partial charge is 0.342 e. The molecule has 1 saturated heterocycles. The van der Waals surface area contributed by atoms with Crippen LogP contribution in [-0.4, -0.2) is 36.0 Å². The van der Waals surface area contributed by atoms with E-state index >= 15 is 0 Å². The highest BCUT2D eigenvalue weighted by atomic mass is 16.2. The number of nitrogens with one attached hydrogen (secondary N) is 1. The van der Waals surface area contributed by atoms with Gasteiger partial charge in [0.2, 0.25) is 5.91 Å². The fraction of sp³-hybridized carbons (Fsp3) is 0.929. The number of carbonyl (C=O) groups excluding carboxylic acids is 1. The van der Waals surface area contributed by atoms with E-state index in [2.05, 4.69) is 24.1 Å². The second-order valence-electron chi connectivity index (χ2n) is 5.73. The van der Waals surface area contributed by atoms with Crippen molar-refractivity contribution in [2.75, 3.05) is 13.1 Å². The lowest BCUT2D eigenvalue weighted by Crippen LogP contribution is -2.47. The monoisotopic (exact) mass is 238 g/mol. The topological polar surface area (TPSA) is 32.3 Å². The molecule has 0 aromatic rings. The average molecular weight is 238 g/mol. The van der Waals surface area contributed by atoms with Crippen LogP contribution in [0.2, 0.25) is 0 Å². The van der Waals surface area contributed by atoms with Crippen LogP contribution in [0.15, 0.2) is 0 Å². The molecular weight excluding hydrogens is 212 g/mol. The second-order valence-corrected chi connectivity index (χ2v) is 5.73. The number of rotatable bonds is 5. The number of hydrogen-bond donors (Lipinski definition) is 1. The Balaban J connectivity index is 1.68. The highest BCUT2D eigenvalue weighted by Crippen LogP contribution is 2.31. The van der Waals surface area contributed by atoms with Crippen LogP contribution in [-0.2, 0) is 4.79 Å². The van der Waals surface area contributed by atoms with Crippen molar-refractivity contribution in [2.24, 2.45) is 5.92 Å². The fourth-order valence-corrected chi connectivity index (χ4v) is 2.77. The van der Waals surface area contributed by atoms with Gasteiger partial charge in [0.25, 0.3) is 0 Å². The number of likely N-dealkylation sites (tertiary alicyclic amines) is 1. The maximum absolute atomic E-state index is 11.9. The average Bonchev–Trinajstić information content (AvgIpc) is 3.13. The first-order valence-electron chi connectivity index (χ1n) is 7.25. The summed E-state index contributed by atoms with van der Waals surface area (Å²) in [7, 11) is 0. The van der Waals surface area contributed by atoms with Crippen LogP contribution in [0.5, 0.6) is 0 Å². The van der Waals surface area contributed by atoms with E-state index in [0.717, 1.165) is 38.8 Å². The third-order valence-electron chi connectivity index (χ3n) is 3.98. The summed E-state index contributed by atoms with van der Waals surface area (Å²) in [4.78, 5) is 14.0. The van der Waals surface area contributed by atoms with Gasteiger partial charge in [-0.15, -0.1) is 0 Å². The van der Waals surface area contributed by atoms with Crippen molar-refractivity contribution in [3.05, 3.63) is 0 Å². The first-order chi connectivity index (χ1) is 8.20. The van der Waals surface area contributed by atoms with Gasteiger partial charge in [-0.2, -0.15) is 0 Å². The molecule has 3 heteroatoms. The number of amides is 1. The molecule has 2 aliphatic rings. The molecule has 0 aromatic carbocycles. The number of nitrogens with zero attached hydrogens (tertiary/aromatic N) is 1. The lowest BCUT2D eigenvalue weighted by atomic mass is 10.0. The van der Waals surface area contributed by atoms with E-state index in [4.69, 9.17) is 0 Å². The van der Waals surface area contributed by atoms with Gasteiger partial charge in [0.05, 0.1) is 0 Å². The van der Waals surface area contributed by atoms with E-state index < -0.39 is 0 Å². The standard InChI is InChI=1S/C14H26N2O/c1-3-4-11(2)15-13-7-9-16(10-8-13)14(17)12-5-6-12/h11-13,15H,3-10H2,1-2H3. The number of carbonyl (C=O) groups is 1. The minimum absolute atomic E-state index is 0.388. The smallest absolute Gasteiger partial charge is 0.225 e. The van der Waals surface area contributed by atoms with Crippen molar-refractivity contribution in [3.63, 3.8) is 0 Å². The summed E-state index contributed by atoms with van der Waals surface area (Å²) in [6.45, 7) is 6.43. The quantitative estimate of drug-likeness (QED) is 0.796. The predicted molar refractivity (Wildman–Crippen MR) is 69.8 cm³/mol. The van der Waals surface area contributed by atoms with E-state index in [1.165, 1.54) is 12.8 Å². The van der Waals surface area contributed by atoms with Crippen LogP contribution in [0.25, 0.3) is 0 Å². The van der Waals surface area contributed by atoms with Crippen molar-refractivity contribution in [1.29, 1.82) is 0 Å². The molecule has 1 unspecified atom stereocenters. The number of hydrogen-bond acceptors (Lipinski definition) is 2. The summed E-state index contributed by atoms with van der Waals surface area (Å²) in [6.07, 6.45) is 7.02. The minimum atomic E-state index is 0.388. The van der Waals surface area contributed by atoms with Gasteiger partial charge in [-0.25, -0.2) is 0 Å². The third kappa shape index (κ3) is 3.70. The van der Waals surface area contributed by atoms with Gasteiger partial charge in [-0.3, -0.25) is 4.79 Å². The molecule has 1 aliphatic heterocycles. The Morgan fingerprint density at radius 2 is 1.94 bits per heavy atom. The molecular formula is C14H26N2O. The minimum Gasteiger partial charge on any atom is -0.342 e. The summed E-state index contributed by atoms with van der Waals surface area (Å²) in [5.74, 6) is 0.809. The van der Waals surface area contributed by atoms with Crippen molar-refractivity contribution < 1.29 is 4.79 Å². The van der Waals surface area contributed by atoms with Crippen LogP contribution >= 0.6 is 0 Å². The van der Waals surface area contributed by atoms with E-state index in [0.29, 0.717) is 23.9 Å². The molecule has 2 rings (SSSR count). The zero-order valence-corrected chi connectivity index (χ0v) is 11.2. The van der Waals surface area contributed by atoms with Gasteiger partial charge in [0.1, 0.15) is 0 Å². The molecule has 1 heterocycles. The molecule has 0 spiro atoms. The third-order valence-corrected chi connectivity index (χ3v) is 3.98. The van der Waals surface area contributed by atoms with Crippen LogP contribution in [0.1, 0.15) is 52.4 Å². The molecule has 1 saturated carbocycles. The van der Waals surface area contributed by atoms with Crippen LogP contribution in [0, 0.1) is 5.92 Å². The van der Waals surface area contributed by atoms with Crippen molar-refractivity contribution in [3.8, 4) is 0 Å². The van der Waals surface area contributed by atoms with Crippen LogP contribution in [0.3, 0.4) is 0 Å². The zero-order chi connectivity index (χ0) is 12.3. The van der Waals surface area contributed by atoms with Crippen LogP contribution in [0.4, 0.5) is 0 Å². The summed E-state index contributed by atoms with van der Waals surface area (Å²) in [5.41, 5.74) is 0. The van der Waals surface area contributed by atoms with Gasteiger partial charge in [0, 0.05) is 31.1 Å². The van der Waals surface area contributed by atoms with E-state index in [1.807, 2.05) is 0 Å². The molecule has 0 bridgehead atoms. The van der Waals surface area contributed by atoms with Gasteiger partial charge in [-0.1, -0.05) is 13.3 Å². The van der Waals surface area contributed by atoms with Gasteiger partial charge < -0.3 is 10.2 Å². The summed E-state index contributed by atoms with van der Waals surface area (Å²) < 4.78 is 0. The number of piperidine rings is 1. The van der Waals surface area contributed by atoms with E-state index in [1.54, 1.807) is 0 Å². The Kier molecular flexibility index (Phi) is 4.43. The molecule has 1 atom stereocenters. The molecule has 3 nitrogen and oxygen atoms in total. The predicted octanol–water partition coefficient (Wildman–Crippen LogP) is 2.17.